The summed E-state index contributed by atoms with van der Waals surface area (Å²) in [5.41, 5.74) is 4.40. The van der Waals surface area contributed by atoms with Crippen LogP contribution in [-0.4, -0.2) is 10.5 Å². The average Bonchev–Trinajstić information content (AvgIpc) is 2.26. The molecule has 0 saturated carbocycles. The van der Waals surface area contributed by atoms with Crippen LogP contribution in [0.2, 0.25) is 0 Å². The van der Waals surface area contributed by atoms with Crippen molar-refractivity contribution in [3.05, 3.63) is 28.8 Å². The van der Waals surface area contributed by atoms with Crippen LogP contribution in [-0.2, 0) is 0 Å². The van der Waals surface area contributed by atoms with Gasteiger partial charge < -0.3 is 4.43 Å². The van der Waals surface area contributed by atoms with E-state index in [1.165, 1.54) is 16.7 Å². The Morgan fingerprint density at radius 2 is 1.35 bits per heavy atom. The van der Waals surface area contributed by atoms with Crippen molar-refractivity contribution in [3.63, 3.8) is 0 Å². The summed E-state index contributed by atoms with van der Waals surface area (Å²) < 4.78 is 5.67. The van der Waals surface area contributed by atoms with Gasteiger partial charge in [-0.2, -0.15) is 0 Å². The first-order valence-corrected chi connectivity index (χ1v) is 7.42. The maximum atomic E-state index is 5.67. The lowest BCUT2D eigenvalue weighted by molar-refractivity contribution is 0.589. The predicted octanol–water partition coefficient (Wildman–Crippen LogP) is 3.72. The van der Waals surface area contributed by atoms with Gasteiger partial charge in [-0.05, 0) is 40.5 Å². The van der Waals surface area contributed by atoms with Crippen LogP contribution in [0.15, 0.2) is 12.1 Å². The van der Waals surface area contributed by atoms with Crippen molar-refractivity contribution in [2.75, 3.05) is 0 Å². The highest BCUT2D eigenvalue weighted by atomic mass is 28.2. The van der Waals surface area contributed by atoms with Gasteiger partial charge >= 0.3 is 0 Å². The smallest absolute Gasteiger partial charge is 0.204 e. The molecule has 1 rings (SSSR count). The fourth-order valence-electron chi connectivity index (χ4n) is 2.55. The lowest BCUT2D eigenvalue weighted by atomic mass is 9.83. The van der Waals surface area contributed by atoms with Crippen molar-refractivity contribution in [2.45, 2.75) is 59.3 Å². The Hall–Kier alpha value is -0.763. The quantitative estimate of drug-likeness (QED) is 0.740. The molecule has 0 heterocycles. The summed E-state index contributed by atoms with van der Waals surface area (Å²) in [6.45, 7) is 13.6. The van der Waals surface area contributed by atoms with Crippen molar-refractivity contribution < 1.29 is 4.43 Å². The van der Waals surface area contributed by atoms with Crippen LogP contribution in [0.1, 0.15) is 76.0 Å². The second-order valence-corrected chi connectivity index (χ2v) is 6.06. The molecule has 0 aliphatic rings. The molecule has 1 aromatic rings. The van der Waals surface area contributed by atoms with Gasteiger partial charge in [-0.15, -0.1) is 0 Å². The van der Waals surface area contributed by atoms with Crippen molar-refractivity contribution in [1.29, 1.82) is 0 Å². The van der Waals surface area contributed by atoms with Gasteiger partial charge in [0.2, 0.25) is 10.5 Å². The molecule has 0 atom stereocenters. The van der Waals surface area contributed by atoms with Crippen molar-refractivity contribution in [3.8, 4) is 5.75 Å². The molecule has 0 fully saturated rings. The summed E-state index contributed by atoms with van der Waals surface area (Å²) in [6.07, 6.45) is 0. The first kappa shape index (κ1) is 14.3. The molecular formula is C15H26OSi. The lowest BCUT2D eigenvalue weighted by Crippen LogP contribution is -2.07. The summed E-state index contributed by atoms with van der Waals surface area (Å²) in [6, 6.07) is 4.41. The standard InChI is InChI=1S/C15H26OSi/c1-9(2)12-7-8-13(16-17)15(11(5)6)14(12)10(3)4/h7-11H,1-6,17H3. The molecule has 0 bridgehead atoms. The molecule has 1 aromatic carbocycles. The summed E-state index contributed by atoms with van der Waals surface area (Å²) >= 11 is 0. The molecular weight excluding hydrogens is 224 g/mol. The van der Waals surface area contributed by atoms with Crippen LogP contribution in [0.25, 0.3) is 0 Å². The Morgan fingerprint density at radius 3 is 1.71 bits per heavy atom. The van der Waals surface area contributed by atoms with E-state index in [2.05, 4.69) is 53.7 Å². The zero-order chi connectivity index (χ0) is 13.2. The molecule has 0 aliphatic heterocycles. The Labute approximate surface area is 109 Å². The molecule has 1 nitrogen and oxygen atoms in total. The summed E-state index contributed by atoms with van der Waals surface area (Å²) in [5, 5.41) is 0. The SMILES string of the molecule is CC(C)c1ccc(O[SiH3])c(C(C)C)c1C(C)C. The fourth-order valence-corrected chi connectivity index (χ4v) is 2.91. The van der Waals surface area contributed by atoms with Gasteiger partial charge in [0.25, 0.3) is 0 Å². The van der Waals surface area contributed by atoms with Crippen molar-refractivity contribution in [2.24, 2.45) is 0 Å². The molecule has 0 saturated heterocycles. The lowest BCUT2D eigenvalue weighted by Gasteiger charge is -2.25. The fraction of sp³-hybridized carbons (Fsp3) is 0.600. The van der Waals surface area contributed by atoms with Crippen LogP contribution >= 0.6 is 0 Å². The summed E-state index contributed by atoms with van der Waals surface area (Å²) in [7, 11) is 0.759. The molecule has 0 spiro atoms. The molecule has 0 radical (unpaired) electrons. The van der Waals surface area contributed by atoms with Crippen molar-refractivity contribution in [1.82, 2.24) is 0 Å². The van der Waals surface area contributed by atoms with Gasteiger partial charge in [-0.1, -0.05) is 47.6 Å². The minimum Gasteiger partial charge on any atom is -0.553 e. The van der Waals surface area contributed by atoms with Gasteiger partial charge in [0, 0.05) is 0 Å². The number of hydrogen-bond donors (Lipinski definition) is 0. The van der Waals surface area contributed by atoms with Gasteiger partial charge in [0.05, 0.1) is 0 Å². The van der Waals surface area contributed by atoms with Crippen molar-refractivity contribution >= 4 is 10.5 Å². The average molecular weight is 250 g/mol. The summed E-state index contributed by atoms with van der Waals surface area (Å²) in [5.74, 6) is 2.75. The van der Waals surface area contributed by atoms with E-state index in [9.17, 15) is 0 Å². The van der Waals surface area contributed by atoms with E-state index in [0.717, 1.165) is 16.2 Å². The minimum absolute atomic E-state index is 0.523. The van der Waals surface area contributed by atoms with Gasteiger partial charge in [-0.3, -0.25) is 0 Å². The Kier molecular flexibility index (Phi) is 4.81. The third kappa shape index (κ3) is 2.92. The molecule has 0 aliphatic carbocycles. The maximum Gasteiger partial charge on any atom is 0.204 e. The highest BCUT2D eigenvalue weighted by Gasteiger charge is 2.19. The number of hydrogen-bond acceptors (Lipinski definition) is 1. The first-order valence-electron chi connectivity index (χ1n) is 6.60. The third-order valence-corrected chi connectivity index (χ3v) is 3.72. The van der Waals surface area contributed by atoms with E-state index >= 15 is 0 Å². The highest BCUT2D eigenvalue weighted by Crippen LogP contribution is 2.38. The molecule has 0 unspecified atom stereocenters. The predicted molar refractivity (Wildman–Crippen MR) is 79.3 cm³/mol. The summed E-state index contributed by atoms with van der Waals surface area (Å²) in [4.78, 5) is 0. The van der Waals surface area contributed by atoms with E-state index < -0.39 is 0 Å². The molecule has 17 heavy (non-hydrogen) atoms. The topological polar surface area (TPSA) is 9.23 Å². The zero-order valence-electron chi connectivity index (χ0n) is 12.3. The second kappa shape index (κ2) is 5.72. The van der Waals surface area contributed by atoms with Crippen LogP contribution in [0, 0.1) is 0 Å². The van der Waals surface area contributed by atoms with Gasteiger partial charge in [0.1, 0.15) is 5.75 Å². The normalized spacial score (nSPS) is 11.8. The van der Waals surface area contributed by atoms with E-state index in [1.54, 1.807) is 0 Å². The van der Waals surface area contributed by atoms with E-state index in [4.69, 9.17) is 4.43 Å². The van der Waals surface area contributed by atoms with E-state index in [0.29, 0.717) is 17.8 Å². The largest absolute Gasteiger partial charge is 0.553 e. The molecule has 96 valence electrons. The Bertz CT molecular complexity index is 381. The molecule has 0 N–H and O–H groups in total. The van der Waals surface area contributed by atoms with Gasteiger partial charge in [-0.25, -0.2) is 0 Å². The Morgan fingerprint density at radius 1 is 0.824 bits per heavy atom. The van der Waals surface area contributed by atoms with Crippen LogP contribution in [0.4, 0.5) is 0 Å². The van der Waals surface area contributed by atoms with E-state index in [-0.39, 0.29) is 0 Å². The van der Waals surface area contributed by atoms with Crippen LogP contribution < -0.4 is 4.43 Å². The number of rotatable bonds is 4. The van der Waals surface area contributed by atoms with Crippen LogP contribution in [0.3, 0.4) is 0 Å². The minimum atomic E-state index is 0.523. The van der Waals surface area contributed by atoms with Gasteiger partial charge in [0.15, 0.2) is 0 Å². The monoisotopic (exact) mass is 250 g/mol. The zero-order valence-corrected chi connectivity index (χ0v) is 14.3. The second-order valence-electron chi connectivity index (χ2n) is 5.65. The Balaban J connectivity index is 3.53. The van der Waals surface area contributed by atoms with Crippen LogP contribution in [0.5, 0.6) is 5.75 Å². The first-order chi connectivity index (χ1) is 7.90. The third-order valence-electron chi connectivity index (χ3n) is 3.28. The van der Waals surface area contributed by atoms with E-state index in [1.807, 2.05) is 0 Å². The number of benzene rings is 1. The molecule has 0 aromatic heterocycles. The molecule has 0 amide bonds. The maximum absolute atomic E-state index is 5.67. The highest BCUT2D eigenvalue weighted by molar-refractivity contribution is 6.00. The molecule has 2 heteroatoms.